The van der Waals surface area contributed by atoms with Crippen LogP contribution in [0.4, 0.5) is 10.5 Å². The summed E-state index contributed by atoms with van der Waals surface area (Å²) >= 11 is 11.7. The van der Waals surface area contributed by atoms with Gasteiger partial charge in [0.2, 0.25) is 0 Å². The molecule has 1 saturated carbocycles. The van der Waals surface area contributed by atoms with Gasteiger partial charge in [0.25, 0.3) is 0 Å². The monoisotopic (exact) mass is 316 g/mol. The van der Waals surface area contributed by atoms with Gasteiger partial charge in [-0.1, -0.05) is 30.1 Å². The van der Waals surface area contributed by atoms with Gasteiger partial charge in [0, 0.05) is 11.6 Å². The van der Waals surface area contributed by atoms with Crippen LogP contribution >= 0.6 is 23.2 Å². The first kappa shape index (κ1) is 14.9. The van der Waals surface area contributed by atoms with E-state index in [1.54, 1.807) is 0 Å². The summed E-state index contributed by atoms with van der Waals surface area (Å²) in [5.41, 5.74) is -0.0950. The second-order valence-corrected chi connectivity index (χ2v) is 5.77. The lowest BCUT2D eigenvalue weighted by molar-refractivity contribution is 0.0698. The van der Waals surface area contributed by atoms with E-state index in [1.165, 1.54) is 12.1 Å². The van der Waals surface area contributed by atoms with E-state index in [2.05, 4.69) is 17.6 Å². The summed E-state index contributed by atoms with van der Waals surface area (Å²) < 4.78 is 0. The van der Waals surface area contributed by atoms with E-state index in [4.69, 9.17) is 28.3 Å². The summed E-state index contributed by atoms with van der Waals surface area (Å²) in [6.45, 7) is 2.68. The van der Waals surface area contributed by atoms with Crippen LogP contribution in [-0.2, 0) is 0 Å². The molecule has 5 nitrogen and oxygen atoms in total. The number of hydrogen-bond donors (Lipinski definition) is 3. The Bertz CT molecular complexity index is 563. The highest BCUT2D eigenvalue weighted by Gasteiger charge is 2.32. The van der Waals surface area contributed by atoms with Crippen LogP contribution in [0.2, 0.25) is 10.0 Å². The molecule has 108 valence electrons. The third kappa shape index (κ3) is 3.55. The number of benzene rings is 1. The number of hydrogen-bond acceptors (Lipinski definition) is 2. The summed E-state index contributed by atoms with van der Waals surface area (Å²) in [5.74, 6) is -0.0788. The molecular weight excluding hydrogens is 303 g/mol. The molecule has 1 aliphatic rings. The number of carboxylic acid groups (broad SMARTS) is 1. The number of carboxylic acids is 1. The predicted octanol–water partition coefficient (Wildman–Crippen LogP) is 3.47. The molecule has 1 aliphatic carbocycles. The Hall–Kier alpha value is -1.46. The third-order valence-electron chi connectivity index (χ3n) is 3.32. The maximum Gasteiger partial charge on any atom is 0.337 e. The molecule has 2 unspecified atom stereocenters. The van der Waals surface area contributed by atoms with E-state index in [9.17, 15) is 9.59 Å². The number of rotatable bonds is 4. The van der Waals surface area contributed by atoms with Gasteiger partial charge in [0.05, 0.1) is 16.3 Å². The van der Waals surface area contributed by atoms with Crippen molar-refractivity contribution in [1.82, 2.24) is 5.32 Å². The molecule has 2 rings (SSSR count). The maximum atomic E-state index is 11.8. The van der Waals surface area contributed by atoms with E-state index in [1.807, 2.05) is 0 Å². The standard InChI is InChI=1S/C13H14Cl2N2O3/c1-6-2-7(6)5-16-13(20)17-11-9(12(18)19)3-8(14)4-10(11)15/h3-4,6-7H,2,5H2,1H3,(H,18,19)(H2,16,17,20). The van der Waals surface area contributed by atoms with Gasteiger partial charge in [-0.25, -0.2) is 9.59 Å². The highest BCUT2D eigenvalue weighted by atomic mass is 35.5. The van der Waals surface area contributed by atoms with Crippen molar-refractivity contribution in [3.63, 3.8) is 0 Å². The molecule has 1 aromatic rings. The second kappa shape index (κ2) is 5.89. The minimum Gasteiger partial charge on any atom is -0.478 e. The van der Waals surface area contributed by atoms with Crippen molar-refractivity contribution in [2.24, 2.45) is 11.8 Å². The smallest absolute Gasteiger partial charge is 0.337 e. The van der Waals surface area contributed by atoms with Crippen LogP contribution < -0.4 is 10.6 Å². The Labute approximate surface area is 126 Å². The number of amides is 2. The summed E-state index contributed by atoms with van der Waals surface area (Å²) in [7, 11) is 0. The van der Waals surface area contributed by atoms with Crippen LogP contribution in [0.25, 0.3) is 0 Å². The van der Waals surface area contributed by atoms with E-state index < -0.39 is 12.0 Å². The molecule has 0 bridgehead atoms. The fraction of sp³-hybridized carbons (Fsp3) is 0.385. The van der Waals surface area contributed by atoms with Crippen LogP contribution in [0.3, 0.4) is 0 Å². The molecule has 0 radical (unpaired) electrons. The minimum atomic E-state index is -1.21. The summed E-state index contributed by atoms with van der Waals surface area (Å²) in [5, 5.41) is 14.5. The number of nitrogens with one attached hydrogen (secondary N) is 2. The largest absolute Gasteiger partial charge is 0.478 e. The fourth-order valence-electron chi connectivity index (χ4n) is 1.93. The fourth-order valence-corrected chi connectivity index (χ4v) is 2.47. The zero-order chi connectivity index (χ0) is 14.9. The normalized spacial score (nSPS) is 20.4. The number of carbonyl (C=O) groups is 2. The quantitative estimate of drug-likeness (QED) is 0.795. The predicted molar refractivity (Wildman–Crippen MR) is 77.7 cm³/mol. The van der Waals surface area contributed by atoms with Crippen molar-refractivity contribution in [3.8, 4) is 0 Å². The van der Waals surface area contributed by atoms with Crippen molar-refractivity contribution in [3.05, 3.63) is 27.7 Å². The zero-order valence-electron chi connectivity index (χ0n) is 10.7. The molecule has 2 amide bonds. The number of urea groups is 1. The Balaban J connectivity index is 2.07. The molecule has 2 atom stereocenters. The van der Waals surface area contributed by atoms with Gasteiger partial charge in [-0.05, 0) is 30.4 Å². The topological polar surface area (TPSA) is 78.4 Å². The van der Waals surface area contributed by atoms with Gasteiger partial charge in [-0.3, -0.25) is 0 Å². The van der Waals surface area contributed by atoms with Gasteiger partial charge in [0.15, 0.2) is 0 Å². The molecule has 1 aromatic carbocycles. The molecule has 3 N–H and O–H groups in total. The van der Waals surface area contributed by atoms with Crippen molar-refractivity contribution in [2.75, 3.05) is 11.9 Å². The molecule has 1 fully saturated rings. The Morgan fingerprint density at radius 3 is 2.60 bits per heavy atom. The van der Waals surface area contributed by atoms with Crippen molar-refractivity contribution in [1.29, 1.82) is 0 Å². The zero-order valence-corrected chi connectivity index (χ0v) is 12.3. The molecule has 0 aliphatic heterocycles. The first-order valence-corrected chi connectivity index (χ1v) is 6.91. The number of carbonyl (C=O) groups excluding carboxylic acids is 1. The first-order chi connectivity index (χ1) is 9.38. The van der Waals surface area contributed by atoms with Gasteiger partial charge >= 0.3 is 12.0 Å². The molecule has 0 spiro atoms. The van der Waals surface area contributed by atoms with Gasteiger partial charge in [0.1, 0.15) is 0 Å². The summed E-state index contributed by atoms with van der Waals surface area (Å²) in [4.78, 5) is 22.9. The summed E-state index contributed by atoms with van der Waals surface area (Å²) in [6, 6.07) is 2.15. The van der Waals surface area contributed by atoms with Gasteiger partial charge in [-0.15, -0.1) is 0 Å². The average molecular weight is 317 g/mol. The highest BCUT2D eigenvalue weighted by molar-refractivity contribution is 6.37. The molecule has 0 heterocycles. The number of aromatic carboxylic acids is 1. The average Bonchev–Trinajstić information content (AvgIpc) is 3.05. The SMILES string of the molecule is CC1CC1CNC(=O)Nc1c(Cl)cc(Cl)cc1C(=O)O. The molecule has 0 saturated heterocycles. The van der Waals surface area contributed by atoms with E-state index >= 15 is 0 Å². The van der Waals surface area contributed by atoms with E-state index in [-0.39, 0.29) is 21.3 Å². The van der Waals surface area contributed by atoms with Crippen LogP contribution in [0.1, 0.15) is 23.7 Å². The minimum absolute atomic E-state index is 0.0462. The first-order valence-electron chi connectivity index (χ1n) is 6.15. The number of anilines is 1. The molecule has 0 aromatic heterocycles. The van der Waals surface area contributed by atoms with Crippen molar-refractivity contribution >= 4 is 40.9 Å². The molecule has 7 heteroatoms. The van der Waals surface area contributed by atoms with Crippen LogP contribution in [0.5, 0.6) is 0 Å². The maximum absolute atomic E-state index is 11.8. The molecule has 20 heavy (non-hydrogen) atoms. The van der Waals surface area contributed by atoms with E-state index in [0.29, 0.717) is 18.4 Å². The number of halogens is 2. The lowest BCUT2D eigenvalue weighted by Crippen LogP contribution is -2.31. The van der Waals surface area contributed by atoms with Crippen molar-refractivity contribution in [2.45, 2.75) is 13.3 Å². The Kier molecular flexibility index (Phi) is 4.40. The lowest BCUT2D eigenvalue weighted by Gasteiger charge is -2.12. The third-order valence-corrected chi connectivity index (χ3v) is 3.84. The summed E-state index contributed by atoms with van der Waals surface area (Å²) in [6.07, 6.45) is 1.10. The van der Waals surface area contributed by atoms with E-state index in [0.717, 1.165) is 6.42 Å². The van der Waals surface area contributed by atoms with Gasteiger partial charge < -0.3 is 15.7 Å². The van der Waals surface area contributed by atoms with Crippen LogP contribution in [0.15, 0.2) is 12.1 Å². The van der Waals surface area contributed by atoms with Crippen LogP contribution in [-0.4, -0.2) is 23.7 Å². The van der Waals surface area contributed by atoms with Crippen molar-refractivity contribution < 1.29 is 14.7 Å². The molecular formula is C13H14Cl2N2O3. The van der Waals surface area contributed by atoms with Crippen LogP contribution in [0, 0.1) is 11.8 Å². The highest BCUT2D eigenvalue weighted by Crippen LogP contribution is 2.36. The second-order valence-electron chi connectivity index (χ2n) is 4.92. The Morgan fingerprint density at radius 1 is 1.40 bits per heavy atom. The van der Waals surface area contributed by atoms with Gasteiger partial charge in [-0.2, -0.15) is 0 Å². The Morgan fingerprint density at radius 2 is 2.05 bits per heavy atom. The lowest BCUT2D eigenvalue weighted by atomic mass is 10.2.